The maximum absolute atomic E-state index is 12.6. The van der Waals surface area contributed by atoms with Gasteiger partial charge in [0.15, 0.2) is 0 Å². The summed E-state index contributed by atoms with van der Waals surface area (Å²) in [5, 5.41) is 3.59. The molecule has 0 saturated carbocycles. The molecule has 1 unspecified atom stereocenters. The summed E-state index contributed by atoms with van der Waals surface area (Å²) in [5.41, 5.74) is 6.91. The lowest BCUT2D eigenvalue weighted by Crippen LogP contribution is -2.30. The Morgan fingerprint density at radius 3 is 2.68 bits per heavy atom. The van der Waals surface area contributed by atoms with Gasteiger partial charge in [0.1, 0.15) is 12.4 Å². The molecular weight excluding hydrogens is 367 g/mol. The third-order valence-corrected chi connectivity index (χ3v) is 4.49. The second kappa shape index (κ2) is 7.43. The van der Waals surface area contributed by atoms with Crippen molar-refractivity contribution >= 4 is 40.9 Å². The van der Waals surface area contributed by atoms with Crippen molar-refractivity contribution in [2.24, 2.45) is 0 Å². The number of nitrogens with two attached hydrogens (primary N) is 1. The number of amides is 1. The third kappa shape index (κ3) is 3.63. The summed E-state index contributed by atoms with van der Waals surface area (Å²) >= 11 is 12.5. The third-order valence-electron chi connectivity index (χ3n) is 3.83. The normalized spacial score (nSPS) is 16.3. The zero-order valence-corrected chi connectivity index (χ0v) is 14.9. The van der Waals surface area contributed by atoms with Crippen LogP contribution in [0.3, 0.4) is 0 Å². The van der Waals surface area contributed by atoms with Gasteiger partial charge in [0.25, 0.3) is 0 Å². The van der Waals surface area contributed by atoms with Crippen LogP contribution >= 0.6 is 23.2 Å². The van der Waals surface area contributed by atoms with Gasteiger partial charge in [0.2, 0.25) is 17.7 Å². The van der Waals surface area contributed by atoms with Crippen LogP contribution in [0.15, 0.2) is 18.2 Å². The molecule has 0 radical (unpaired) electrons. The number of methoxy groups -OCH3 is 1. The number of aromatic nitrogens is 2. The summed E-state index contributed by atoms with van der Waals surface area (Å²) in [4.78, 5) is 20.8. The van der Waals surface area contributed by atoms with E-state index >= 15 is 0 Å². The van der Waals surface area contributed by atoms with Crippen LogP contribution in [0.2, 0.25) is 10.0 Å². The monoisotopic (exact) mass is 382 g/mol. The number of nitrogen functional groups attached to an aromatic ring is 1. The molecule has 0 fully saturated rings. The van der Waals surface area contributed by atoms with Gasteiger partial charge < -0.3 is 20.5 Å². The predicted molar refractivity (Wildman–Crippen MR) is 95.4 cm³/mol. The molecule has 7 nitrogen and oxygen atoms in total. The molecule has 2 aromatic rings. The number of fused-ring (bicyclic) bond motifs is 1. The van der Waals surface area contributed by atoms with Crippen molar-refractivity contribution in [1.29, 1.82) is 0 Å². The van der Waals surface area contributed by atoms with Gasteiger partial charge in [-0.2, -0.15) is 9.97 Å². The largest absolute Gasteiger partial charge is 0.475 e. The van der Waals surface area contributed by atoms with Crippen LogP contribution in [0.5, 0.6) is 5.88 Å². The Morgan fingerprint density at radius 1 is 1.28 bits per heavy atom. The van der Waals surface area contributed by atoms with Crippen LogP contribution in [0.25, 0.3) is 0 Å². The fourth-order valence-electron chi connectivity index (χ4n) is 2.69. The molecule has 0 saturated heterocycles. The minimum atomic E-state index is -0.578. The van der Waals surface area contributed by atoms with Crippen LogP contribution in [0.4, 0.5) is 11.8 Å². The fraction of sp³-hybridized carbons (Fsp3) is 0.312. The van der Waals surface area contributed by atoms with Gasteiger partial charge in [-0.25, -0.2) is 0 Å². The van der Waals surface area contributed by atoms with E-state index in [1.807, 2.05) is 0 Å². The lowest BCUT2D eigenvalue weighted by atomic mass is 9.89. The van der Waals surface area contributed by atoms with Gasteiger partial charge in [-0.15, -0.1) is 0 Å². The number of carbonyl (C=O) groups is 1. The van der Waals surface area contributed by atoms with Crippen LogP contribution in [-0.2, 0) is 16.0 Å². The van der Waals surface area contributed by atoms with Crippen molar-refractivity contribution in [3.63, 3.8) is 0 Å². The maximum atomic E-state index is 12.6. The number of nitrogens with zero attached hydrogens (tertiary/aromatic N) is 2. The Morgan fingerprint density at radius 2 is 2.00 bits per heavy atom. The predicted octanol–water partition coefficient (Wildman–Crippen LogP) is 2.67. The molecule has 9 heteroatoms. The highest BCUT2D eigenvalue weighted by Gasteiger charge is 2.34. The van der Waals surface area contributed by atoms with Crippen LogP contribution in [-0.4, -0.2) is 36.2 Å². The van der Waals surface area contributed by atoms with Crippen molar-refractivity contribution in [2.75, 3.05) is 31.4 Å². The number of halogens is 2. The second-order valence-electron chi connectivity index (χ2n) is 5.44. The van der Waals surface area contributed by atoms with Gasteiger partial charge in [-0.05, 0) is 18.6 Å². The minimum Gasteiger partial charge on any atom is -0.475 e. The number of benzene rings is 1. The van der Waals surface area contributed by atoms with Crippen molar-refractivity contribution < 1.29 is 14.3 Å². The molecule has 1 aromatic heterocycles. The summed E-state index contributed by atoms with van der Waals surface area (Å²) in [6.45, 7) is 0.690. The zero-order valence-electron chi connectivity index (χ0n) is 13.4. The van der Waals surface area contributed by atoms with Crippen LogP contribution in [0, 0.1) is 0 Å². The van der Waals surface area contributed by atoms with Crippen LogP contribution < -0.4 is 15.8 Å². The Bertz CT molecular complexity index is 796. The molecule has 1 aromatic carbocycles. The highest BCUT2D eigenvalue weighted by molar-refractivity contribution is 6.36. The molecule has 1 aliphatic rings. The quantitative estimate of drug-likeness (QED) is 0.771. The van der Waals surface area contributed by atoms with E-state index in [2.05, 4.69) is 15.3 Å². The number of ether oxygens (including phenoxy) is 2. The van der Waals surface area contributed by atoms with E-state index in [1.165, 1.54) is 0 Å². The molecule has 0 bridgehead atoms. The van der Waals surface area contributed by atoms with Crippen molar-refractivity contribution in [1.82, 2.24) is 9.97 Å². The molecule has 1 amide bonds. The van der Waals surface area contributed by atoms with E-state index in [-0.39, 0.29) is 11.9 Å². The highest BCUT2D eigenvalue weighted by Crippen LogP contribution is 2.40. The molecular formula is C16H16Cl2N4O3. The average molecular weight is 383 g/mol. The molecule has 1 atom stereocenters. The first-order chi connectivity index (χ1) is 12.0. The molecule has 2 heterocycles. The number of nitrogens with one attached hydrogen (secondary N) is 1. The Labute approximate surface area is 154 Å². The summed E-state index contributed by atoms with van der Waals surface area (Å²) in [7, 11) is 1.57. The Kier molecular flexibility index (Phi) is 5.27. The Balaban J connectivity index is 1.99. The lowest BCUT2D eigenvalue weighted by molar-refractivity contribution is -0.117. The molecule has 3 rings (SSSR count). The number of carbonyl (C=O) groups excluding carboxylic acids is 1. The van der Waals surface area contributed by atoms with Crippen LogP contribution in [0.1, 0.15) is 17.0 Å². The van der Waals surface area contributed by atoms with Crippen molar-refractivity contribution in [3.8, 4) is 5.88 Å². The first-order valence-corrected chi connectivity index (χ1v) is 8.29. The van der Waals surface area contributed by atoms with Crippen molar-refractivity contribution in [2.45, 2.75) is 12.3 Å². The van der Waals surface area contributed by atoms with Gasteiger partial charge in [-0.1, -0.05) is 29.3 Å². The van der Waals surface area contributed by atoms with Gasteiger partial charge in [0.05, 0.1) is 18.1 Å². The molecule has 3 N–H and O–H groups in total. The van der Waals surface area contributed by atoms with E-state index in [1.54, 1.807) is 25.3 Å². The number of rotatable bonds is 5. The summed E-state index contributed by atoms with van der Waals surface area (Å²) in [6.07, 6.45) is 0.299. The smallest absolute Gasteiger partial charge is 0.233 e. The molecule has 1 aliphatic heterocycles. The zero-order chi connectivity index (χ0) is 18.0. The minimum absolute atomic E-state index is 0.0145. The van der Waals surface area contributed by atoms with E-state index in [0.717, 1.165) is 0 Å². The van der Waals surface area contributed by atoms with Gasteiger partial charge >= 0.3 is 0 Å². The van der Waals surface area contributed by atoms with Gasteiger partial charge in [-0.3, -0.25) is 4.79 Å². The average Bonchev–Trinajstić information content (AvgIpc) is 2.55. The molecule has 132 valence electrons. The fourth-order valence-corrected chi connectivity index (χ4v) is 3.35. The van der Waals surface area contributed by atoms with Gasteiger partial charge in [0, 0.05) is 22.7 Å². The van der Waals surface area contributed by atoms with E-state index in [0.29, 0.717) is 52.5 Å². The number of anilines is 2. The molecule has 0 spiro atoms. The summed E-state index contributed by atoms with van der Waals surface area (Å²) in [5.74, 6) is -0.174. The Hall–Kier alpha value is -2.09. The SMILES string of the molecule is COCCOc1nc(N)nc2c1CC(c1c(Cl)cccc1Cl)C(=O)N2. The molecule has 0 aliphatic carbocycles. The summed E-state index contributed by atoms with van der Waals surface area (Å²) in [6, 6.07) is 5.12. The maximum Gasteiger partial charge on any atom is 0.233 e. The van der Waals surface area contributed by atoms with Crippen molar-refractivity contribution in [3.05, 3.63) is 39.4 Å². The topological polar surface area (TPSA) is 99.4 Å². The number of hydrogen-bond acceptors (Lipinski definition) is 6. The lowest BCUT2D eigenvalue weighted by Gasteiger charge is -2.26. The first-order valence-electron chi connectivity index (χ1n) is 7.54. The van der Waals surface area contributed by atoms with E-state index < -0.39 is 5.92 Å². The van der Waals surface area contributed by atoms with E-state index in [9.17, 15) is 4.79 Å². The summed E-state index contributed by atoms with van der Waals surface area (Å²) < 4.78 is 10.6. The first kappa shape index (κ1) is 17.7. The second-order valence-corrected chi connectivity index (χ2v) is 6.25. The number of hydrogen-bond donors (Lipinski definition) is 2. The standard InChI is InChI=1S/C16H16Cl2N4O3/c1-24-5-6-25-15-9-7-8(12-10(17)3-2-4-11(12)18)14(23)20-13(9)21-16(19)22-15/h2-4,8H,5-7H2,1H3,(H3,19,20,21,22,23). The molecule has 25 heavy (non-hydrogen) atoms. The van der Waals surface area contributed by atoms with E-state index in [4.69, 9.17) is 38.4 Å². The highest BCUT2D eigenvalue weighted by atomic mass is 35.5.